The van der Waals surface area contributed by atoms with Crippen LogP contribution in [0.25, 0.3) is 0 Å². The van der Waals surface area contributed by atoms with Gasteiger partial charge in [0.05, 0.1) is 13.2 Å². The second-order valence-corrected chi connectivity index (χ2v) is 4.20. The van der Waals surface area contributed by atoms with Crippen molar-refractivity contribution in [2.24, 2.45) is 0 Å². The van der Waals surface area contributed by atoms with Gasteiger partial charge in [0.25, 0.3) is 0 Å². The van der Waals surface area contributed by atoms with Crippen LogP contribution in [-0.4, -0.2) is 34.9 Å². The first-order valence-corrected chi connectivity index (χ1v) is 5.69. The molecular formula is C11H16F3N3O2. The summed E-state index contributed by atoms with van der Waals surface area (Å²) in [5.41, 5.74) is -2.12. The first-order chi connectivity index (χ1) is 8.73. The Kier molecular flexibility index (Phi) is 4.56. The molecule has 0 saturated carbocycles. The van der Waals surface area contributed by atoms with Crippen LogP contribution in [0.15, 0.2) is 12.3 Å². The van der Waals surface area contributed by atoms with Crippen molar-refractivity contribution in [1.82, 2.24) is 15.1 Å². The first kappa shape index (κ1) is 15.5. The minimum absolute atomic E-state index is 0.0571. The summed E-state index contributed by atoms with van der Waals surface area (Å²) in [5, 5.41) is 6.14. The van der Waals surface area contributed by atoms with E-state index in [0.717, 1.165) is 10.7 Å². The third-order valence-corrected chi connectivity index (χ3v) is 2.69. The SMILES string of the molecule is CCOC(=O)C(C)(Cn1ccc(C(F)(F)F)n1)NC. The van der Waals surface area contributed by atoms with E-state index in [4.69, 9.17) is 4.74 Å². The number of likely N-dealkylation sites (N-methyl/N-ethyl adjacent to an activating group) is 1. The first-order valence-electron chi connectivity index (χ1n) is 5.69. The Morgan fingerprint density at radius 1 is 1.53 bits per heavy atom. The van der Waals surface area contributed by atoms with E-state index in [1.807, 2.05) is 0 Å². The number of rotatable bonds is 5. The van der Waals surface area contributed by atoms with Gasteiger partial charge in [-0.05, 0) is 27.0 Å². The average Bonchev–Trinajstić information content (AvgIpc) is 2.77. The molecule has 1 aromatic heterocycles. The maximum atomic E-state index is 12.4. The molecule has 1 N–H and O–H groups in total. The Labute approximate surface area is 108 Å². The topological polar surface area (TPSA) is 56.2 Å². The number of carbonyl (C=O) groups is 1. The molecule has 0 bridgehead atoms. The van der Waals surface area contributed by atoms with Gasteiger partial charge in [-0.3, -0.25) is 4.68 Å². The fraction of sp³-hybridized carbons (Fsp3) is 0.636. The molecule has 0 radical (unpaired) electrons. The number of carbonyl (C=O) groups excluding carboxylic acids is 1. The summed E-state index contributed by atoms with van der Waals surface area (Å²) < 4.78 is 43.2. The van der Waals surface area contributed by atoms with Gasteiger partial charge in [0.1, 0.15) is 5.54 Å². The lowest BCUT2D eigenvalue weighted by molar-refractivity contribution is -0.151. The van der Waals surface area contributed by atoms with Crippen LogP contribution < -0.4 is 5.32 Å². The molecule has 0 saturated heterocycles. The summed E-state index contributed by atoms with van der Waals surface area (Å²) in [4.78, 5) is 11.8. The van der Waals surface area contributed by atoms with Crippen LogP contribution in [0.2, 0.25) is 0 Å². The van der Waals surface area contributed by atoms with Gasteiger partial charge in [-0.15, -0.1) is 0 Å². The van der Waals surface area contributed by atoms with E-state index < -0.39 is 23.4 Å². The van der Waals surface area contributed by atoms with Gasteiger partial charge in [0.15, 0.2) is 5.69 Å². The molecule has 0 aliphatic carbocycles. The molecule has 1 rings (SSSR count). The van der Waals surface area contributed by atoms with Gasteiger partial charge >= 0.3 is 12.1 Å². The van der Waals surface area contributed by atoms with Gasteiger partial charge in [-0.25, -0.2) is 4.79 Å². The van der Waals surface area contributed by atoms with Gasteiger partial charge in [-0.1, -0.05) is 0 Å². The fourth-order valence-corrected chi connectivity index (χ4v) is 1.46. The number of esters is 1. The van der Waals surface area contributed by atoms with Crippen LogP contribution in [-0.2, 0) is 22.3 Å². The molecule has 108 valence electrons. The second-order valence-electron chi connectivity index (χ2n) is 4.20. The second kappa shape index (κ2) is 5.60. The van der Waals surface area contributed by atoms with Gasteiger partial charge in [-0.2, -0.15) is 18.3 Å². The van der Waals surface area contributed by atoms with Crippen molar-refractivity contribution >= 4 is 5.97 Å². The highest BCUT2D eigenvalue weighted by Gasteiger charge is 2.36. The van der Waals surface area contributed by atoms with Crippen molar-refractivity contribution in [2.45, 2.75) is 32.1 Å². The highest BCUT2D eigenvalue weighted by Crippen LogP contribution is 2.27. The third-order valence-electron chi connectivity index (χ3n) is 2.69. The Morgan fingerprint density at radius 3 is 2.58 bits per heavy atom. The van der Waals surface area contributed by atoms with Crippen molar-refractivity contribution in [2.75, 3.05) is 13.7 Å². The van der Waals surface area contributed by atoms with E-state index in [1.165, 1.54) is 13.2 Å². The minimum Gasteiger partial charge on any atom is -0.465 e. The van der Waals surface area contributed by atoms with Gasteiger partial charge in [0, 0.05) is 6.20 Å². The van der Waals surface area contributed by atoms with Gasteiger partial charge in [0.2, 0.25) is 0 Å². The van der Waals surface area contributed by atoms with E-state index >= 15 is 0 Å². The number of nitrogens with one attached hydrogen (secondary N) is 1. The smallest absolute Gasteiger partial charge is 0.435 e. The molecule has 0 fully saturated rings. The van der Waals surface area contributed by atoms with Crippen LogP contribution in [0, 0.1) is 0 Å². The molecule has 1 unspecified atom stereocenters. The molecular weight excluding hydrogens is 263 g/mol. The summed E-state index contributed by atoms with van der Waals surface area (Å²) >= 11 is 0. The summed E-state index contributed by atoms with van der Waals surface area (Å²) in [6.07, 6.45) is -3.32. The van der Waals surface area contributed by atoms with E-state index in [0.29, 0.717) is 0 Å². The highest BCUT2D eigenvalue weighted by molar-refractivity contribution is 5.80. The minimum atomic E-state index is -4.49. The maximum absolute atomic E-state index is 12.4. The van der Waals surface area contributed by atoms with Crippen molar-refractivity contribution < 1.29 is 22.7 Å². The van der Waals surface area contributed by atoms with Crippen LogP contribution in [0.5, 0.6) is 0 Å². The maximum Gasteiger partial charge on any atom is 0.435 e. The summed E-state index contributed by atoms with van der Waals surface area (Å²) in [5.74, 6) is -0.540. The zero-order valence-electron chi connectivity index (χ0n) is 10.9. The predicted molar refractivity (Wildman–Crippen MR) is 61.3 cm³/mol. The Balaban J connectivity index is 2.87. The van der Waals surface area contributed by atoms with Crippen molar-refractivity contribution in [3.8, 4) is 0 Å². The van der Waals surface area contributed by atoms with Crippen LogP contribution in [0.4, 0.5) is 13.2 Å². The summed E-state index contributed by atoms with van der Waals surface area (Å²) in [6, 6.07) is 0.862. The Bertz CT molecular complexity index is 445. The van der Waals surface area contributed by atoms with E-state index in [2.05, 4.69) is 10.4 Å². The lowest BCUT2D eigenvalue weighted by atomic mass is 10.0. The fourth-order valence-electron chi connectivity index (χ4n) is 1.46. The molecule has 5 nitrogen and oxygen atoms in total. The van der Waals surface area contributed by atoms with Crippen molar-refractivity contribution in [1.29, 1.82) is 0 Å². The lowest BCUT2D eigenvalue weighted by Crippen LogP contribution is -2.52. The molecule has 1 heterocycles. The van der Waals surface area contributed by atoms with E-state index in [9.17, 15) is 18.0 Å². The average molecular weight is 279 g/mol. The molecule has 19 heavy (non-hydrogen) atoms. The monoisotopic (exact) mass is 279 g/mol. The van der Waals surface area contributed by atoms with Crippen LogP contribution in [0.3, 0.4) is 0 Å². The third kappa shape index (κ3) is 3.69. The van der Waals surface area contributed by atoms with E-state index in [1.54, 1.807) is 13.8 Å². The standard InChI is InChI=1S/C11H16F3N3O2/c1-4-19-9(18)10(2,15-3)7-17-6-5-8(16-17)11(12,13)14/h5-6,15H,4,7H2,1-3H3. The number of halogens is 3. The number of hydrogen-bond donors (Lipinski definition) is 1. The molecule has 8 heteroatoms. The van der Waals surface area contributed by atoms with E-state index in [-0.39, 0.29) is 13.2 Å². The summed E-state index contributed by atoms with van der Waals surface area (Å²) in [6.45, 7) is 3.34. The highest BCUT2D eigenvalue weighted by atomic mass is 19.4. The Morgan fingerprint density at radius 2 is 2.16 bits per heavy atom. The normalized spacial score (nSPS) is 15.1. The molecule has 1 aromatic rings. The number of ether oxygens (including phenoxy) is 1. The number of nitrogens with zero attached hydrogens (tertiary/aromatic N) is 2. The molecule has 0 aromatic carbocycles. The number of alkyl halides is 3. The molecule has 1 atom stereocenters. The molecule has 0 spiro atoms. The molecule has 0 aliphatic rings. The largest absolute Gasteiger partial charge is 0.465 e. The van der Waals surface area contributed by atoms with Gasteiger partial charge < -0.3 is 10.1 Å². The number of aromatic nitrogens is 2. The zero-order valence-corrected chi connectivity index (χ0v) is 10.9. The molecule has 0 amide bonds. The predicted octanol–water partition coefficient (Wildman–Crippen LogP) is 1.44. The van der Waals surface area contributed by atoms with Crippen LogP contribution in [0.1, 0.15) is 19.5 Å². The van der Waals surface area contributed by atoms with Crippen molar-refractivity contribution in [3.05, 3.63) is 18.0 Å². The van der Waals surface area contributed by atoms with Crippen LogP contribution >= 0.6 is 0 Å². The lowest BCUT2D eigenvalue weighted by Gasteiger charge is -2.26. The zero-order chi connectivity index (χ0) is 14.7. The number of hydrogen-bond acceptors (Lipinski definition) is 4. The summed E-state index contributed by atoms with van der Waals surface area (Å²) in [7, 11) is 1.53. The Hall–Kier alpha value is -1.57. The van der Waals surface area contributed by atoms with Crippen molar-refractivity contribution in [3.63, 3.8) is 0 Å². The quantitative estimate of drug-likeness (QED) is 0.829. The molecule has 0 aliphatic heterocycles.